The minimum absolute atomic E-state index is 0.208. The molecule has 1 rings (SSSR count). The van der Waals surface area contributed by atoms with E-state index in [-0.39, 0.29) is 5.92 Å². The zero-order valence-corrected chi connectivity index (χ0v) is 11.9. The molecule has 1 saturated carbocycles. The maximum Gasteiger partial charge on any atom is 0.407 e. The molecule has 19 heavy (non-hydrogen) atoms. The van der Waals surface area contributed by atoms with Crippen molar-refractivity contribution in [3.8, 4) is 0 Å². The zero-order chi connectivity index (χ0) is 14.3. The molecule has 1 atom stereocenters. The van der Waals surface area contributed by atoms with Gasteiger partial charge in [-0.25, -0.2) is 9.59 Å². The van der Waals surface area contributed by atoms with Gasteiger partial charge in [-0.2, -0.15) is 0 Å². The van der Waals surface area contributed by atoms with Gasteiger partial charge >= 0.3 is 12.1 Å². The van der Waals surface area contributed by atoms with Gasteiger partial charge in [-0.3, -0.25) is 0 Å². The smallest absolute Gasteiger partial charge is 0.407 e. The lowest BCUT2D eigenvalue weighted by atomic mass is 9.90. The summed E-state index contributed by atoms with van der Waals surface area (Å²) in [5, 5.41) is 11.4. The minimum Gasteiger partial charge on any atom is -0.480 e. The van der Waals surface area contributed by atoms with E-state index in [1.165, 1.54) is 19.3 Å². The van der Waals surface area contributed by atoms with Gasteiger partial charge < -0.3 is 15.2 Å². The number of hydrogen-bond donors (Lipinski definition) is 2. The third-order valence-corrected chi connectivity index (χ3v) is 3.47. The van der Waals surface area contributed by atoms with Crippen LogP contribution in [0.4, 0.5) is 4.79 Å². The van der Waals surface area contributed by atoms with Crippen molar-refractivity contribution in [2.45, 2.75) is 58.4 Å². The summed E-state index contributed by atoms with van der Waals surface area (Å²) in [6, 6.07) is -0.862. The van der Waals surface area contributed by atoms with Crippen LogP contribution < -0.4 is 5.32 Å². The van der Waals surface area contributed by atoms with Crippen LogP contribution in [-0.4, -0.2) is 29.8 Å². The van der Waals surface area contributed by atoms with Crippen molar-refractivity contribution < 1.29 is 19.4 Å². The van der Waals surface area contributed by atoms with E-state index >= 15 is 0 Å². The quantitative estimate of drug-likeness (QED) is 0.779. The molecule has 1 amide bonds. The van der Waals surface area contributed by atoms with Crippen molar-refractivity contribution in [3.63, 3.8) is 0 Å². The van der Waals surface area contributed by atoms with Gasteiger partial charge in [-0.15, -0.1) is 0 Å². The SMILES string of the molecule is CC(C)CC(NC(=O)OCC1CCCCC1)C(=O)O. The lowest BCUT2D eigenvalue weighted by Crippen LogP contribution is -2.42. The molecule has 0 aromatic rings. The van der Waals surface area contributed by atoms with Crippen molar-refractivity contribution in [3.05, 3.63) is 0 Å². The van der Waals surface area contributed by atoms with E-state index in [2.05, 4.69) is 5.32 Å². The third-order valence-electron chi connectivity index (χ3n) is 3.47. The van der Waals surface area contributed by atoms with E-state index in [1.54, 1.807) is 0 Å². The first-order valence-corrected chi connectivity index (χ1v) is 7.15. The van der Waals surface area contributed by atoms with Crippen LogP contribution in [0.25, 0.3) is 0 Å². The number of nitrogens with one attached hydrogen (secondary N) is 1. The number of amides is 1. The van der Waals surface area contributed by atoms with Gasteiger partial charge in [-0.05, 0) is 31.1 Å². The van der Waals surface area contributed by atoms with Gasteiger partial charge in [0.25, 0.3) is 0 Å². The number of carboxylic acids is 1. The number of carboxylic acid groups (broad SMARTS) is 1. The van der Waals surface area contributed by atoms with Crippen molar-refractivity contribution in [2.75, 3.05) is 6.61 Å². The highest BCUT2D eigenvalue weighted by Crippen LogP contribution is 2.23. The van der Waals surface area contributed by atoms with Crippen LogP contribution in [0.5, 0.6) is 0 Å². The predicted molar refractivity (Wildman–Crippen MR) is 71.9 cm³/mol. The van der Waals surface area contributed by atoms with Gasteiger partial charge in [0.15, 0.2) is 0 Å². The Morgan fingerprint density at radius 1 is 1.26 bits per heavy atom. The Morgan fingerprint density at radius 2 is 1.89 bits per heavy atom. The third kappa shape index (κ3) is 6.45. The summed E-state index contributed by atoms with van der Waals surface area (Å²) < 4.78 is 5.13. The maximum absolute atomic E-state index is 11.6. The Bertz CT molecular complexity index is 298. The second kappa shape index (κ2) is 8.02. The molecule has 0 spiro atoms. The summed E-state index contributed by atoms with van der Waals surface area (Å²) in [7, 11) is 0. The lowest BCUT2D eigenvalue weighted by molar-refractivity contribution is -0.139. The van der Waals surface area contributed by atoms with Crippen LogP contribution in [0, 0.1) is 11.8 Å². The molecule has 1 unspecified atom stereocenters. The van der Waals surface area contributed by atoms with E-state index in [4.69, 9.17) is 9.84 Å². The average Bonchev–Trinajstić information content (AvgIpc) is 2.36. The molecular weight excluding hydrogens is 246 g/mol. The monoisotopic (exact) mass is 271 g/mol. The lowest BCUT2D eigenvalue weighted by Gasteiger charge is -2.22. The molecule has 0 saturated heterocycles. The Balaban J connectivity index is 2.29. The van der Waals surface area contributed by atoms with Crippen molar-refractivity contribution in [1.29, 1.82) is 0 Å². The van der Waals surface area contributed by atoms with Crippen LogP contribution in [-0.2, 0) is 9.53 Å². The molecule has 0 heterocycles. The van der Waals surface area contributed by atoms with E-state index in [0.29, 0.717) is 18.9 Å². The Labute approximate surface area is 114 Å². The molecule has 0 bridgehead atoms. The van der Waals surface area contributed by atoms with Gasteiger partial charge in [-0.1, -0.05) is 33.1 Å². The highest BCUT2D eigenvalue weighted by atomic mass is 16.5. The number of carbonyl (C=O) groups is 2. The molecule has 5 nitrogen and oxygen atoms in total. The highest BCUT2D eigenvalue weighted by molar-refractivity contribution is 5.79. The number of rotatable bonds is 6. The summed E-state index contributed by atoms with van der Waals surface area (Å²) in [4.78, 5) is 22.6. The number of alkyl carbamates (subject to hydrolysis) is 1. The molecular formula is C14H25NO4. The van der Waals surface area contributed by atoms with Crippen LogP contribution in [0.2, 0.25) is 0 Å². The second-order valence-electron chi connectivity index (χ2n) is 5.77. The summed E-state index contributed by atoms with van der Waals surface area (Å²) in [6.45, 7) is 4.25. The molecule has 0 aromatic carbocycles. The van der Waals surface area contributed by atoms with Crippen LogP contribution in [0.3, 0.4) is 0 Å². The van der Waals surface area contributed by atoms with Crippen LogP contribution in [0.1, 0.15) is 52.4 Å². The fourth-order valence-corrected chi connectivity index (χ4v) is 2.42. The zero-order valence-electron chi connectivity index (χ0n) is 11.9. The first-order valence-electron chi connectivity index (χ1n) is 7.15. The predicted octanol–water partition coefficient (Wildman–Crippen LogP) is 2.79. The van der Waals surface area contributed by atoms with Crippen molar-refractivity contribution in [2.24, 2.45) is 11.8 Å². The minimum atomic E-state index is -1.01. The van der Waals surface area contributed by atoms with Gasteiger partial charge in [0.05, 0.1) is 6.61 Å². The number of carbonyl (C=O) groups excluding carboxylic acids is 1. The molecule has 1 aliphatic rings. The Hall–Kier alpha value is -1.26. The van der Waals surface area contributed by atoms with Gasteiger partial charge in [0, 0.05) is 0 Å². The van der Waals surface area contributed by atoms with Crippen LogP contribution in [0.15, 0.2) is 0 Å². The topological polar surface area (TPSA) is 75.6 Å². The molecule has 0 aromatic heterocycles. The van der Waals surface area contributed by atoms with Crippen LogP contribution >= 0.6 is 0 Å². The van der Waals surface area contributed by atoms with E-state index in [1.807, 2.05) is 13.8 Å². The second-order valence-corrected chi connectivity index (χ2v) is 5.77. The summed E-state index contributed by atoms with van der Waals surface area (Å²) in [5.41, 5.74) is 0. The molecule has 0 aliphatic heterocycles. The molecule has 110 valence electrons. The largest absolute Gasteiger partial charge is 0.480 e. The van der Waals surface area contributed by atoms with Crippen molar-refractivity contribution >= 4 is 12.1 Å². The molecule has 2 N–H and O–H groups in total. The molecule has 1 aliphatic carbocycles. The summed E-state index contributed by atoms with van der Waals surface area (Å²) in [5.74, 6) is -0.365. The Kier molecular flexibility index (Phi) is 6.67. The molecule has 1 fully saturated rings. The van der Waals surface area contributed by atoms with E-state index in [9.17, 15) is 9.59 Å². The summed E-state index contributed by atoms with van der Waals surface area (Å²) >= 11 is 0. The maximum atomic E-state index is 11.6. The first-order chi connectivity index (χ1) is 8.99. The number of aliphatic carboxylic acids is 1. The fourth-order valence-electron chi connectivity index (χ4n) is 2.42. The molecule has 0 radical (unpaired) electrons. The fraction of sp³-hybridized carbons (Fsp3) is 0.857. The Morgan fingerprint density at radius 3 is 2.42 bits per heavy atom. The summed E-state index contributed by atoms with van der Waals surface area (Å²) in [6.07, 6.45) is 5.65. The number of ether oxygens (including phenoxy) is 1. The normalized spacial score (nSPS) is 18.1. The standard InChI is InChI=1S/C14H25NO4/c1-10(2)8-12(13(16)17)15-14(18)19-9-11-6-4-3-5-7-11/h10-12H,3-9H2,1-2H3,(H,15,18)(H,16,17). The van der Waals surface area contributed by atoms with Gasteiger partial charge in [0.2, 0.25) is 0 Å². The van der Waals surface area contributed by atoms with Gasteiger partial charge in [0.1, 0.15) is 6.04 Å². The number of hydrogen-bond acceptors (Lipinski definition) is 3. The average molecular weight is 271 g/mol. The molecule has 5 heteroatoms. The highest BCUT2D eigenvalue weighted by Gasteiger charge is 2.22. The van der Waals surface area contributed by atoms with Crippen molar-refractivity contribution in [1.82, 2.24) is 5.32 Å². The van der Waals surface area contributed by atoms with E-state index in [0.717, 1.165) is 12.8 Å². The first kappa shape index (κ1) is 15.8. The van der Waals surface area contributed by atoms with E-state index < -0.39 is 18.1 Å².